The van der Waals surface area contributed by atoms with Crippen LogP contribution in [0.5, 0.6) is 0 Å². The van der Waals surface area contributed by atoms with Gasteiger partial charge in [0.1, 0.15) is 17.3 Å². The fraction of sp³-hybridized carbons (Fsp3) is 0.400. The fourth-order valence-corrected chi connectivity index (χ4v) is 3.39. The van der Waals surface area contributed by atoms with Crippen LogP contribution < -0.4 is 10.6 Å². The number of anilines is 2. The van der Waals surface area contributed by atoms with Gasteiger partial charge in [-0.1, -0.05) is 6.07 Å². The van der Waals surface area contributed by atoms with E-state index in [0.29, 0.717) is 5.56 Å². The number of piperidine rings is 1. The molecule has 1 atom stereocenters. The lowest BCUT2D eigenvalue weighted by Gasteiger charge is -2.39. The first kappa shape index (κ1) is 23.0. The highest BCUT2D eigenvalue weighted by molar-refractivity contribution is 5.94. The molecule has 2 aromatic heterocycles. The van der Waals surface area contributed by atoms with Gasteiger partial charge in [-0.3, -0.25) is 19.7 Å². The van der Waals surface area contributed by atoms with Gasteiger partial charge in [-0.15, -0.1) is 0 Å². The molecule has 0 bridgehead atoms. The molecule has 1 unspecified atom stereocenters. The summed E-state index contributed by atoms with van der Waals surface area (Å²) in [7, 11) is 0. The number of likely N-dealkylation sites (tertiary alicyclic amines) is 1. The molecule has 1 fully saturated rings. The van der Waals surface area contributed by atoms with Gasteiger partial charge in [0, 0.05) is 38.2 Å². The van der Waals surface area contributed by atoms with Crippen molar-refractivity contribution >= 4 is 29.1 Å². The van der Waals surface area contributed by atoms with E-state index >= 15 is 0 Å². The average molecular weight is 448 g/mol. The molecule has 1 saturated heterocycles. The minimum Gasteiger partial charge on any atom is -0.354 e. The summed E-state index contributed by atoms with van der Waals surface area (Å²) in [6.45, 7) is 2.22. The van der Waals surface area contributed by atoms with Crippen molar-refractivity contribution in [2.24, 2.45) is 0 Å². The number of nitrogens with one attached hydrogen (secondary N) is 2. The predicted octanol–water partition coefficient (Wildman–Crippen LogP) is 2.81. The van der Waals surface area contributed by atoms with Gasteiger partial charge in [0.2, 0.25) is 5.91 Å². The van der Waals surface area contributed by atoms with E-state index in [4.69, 9.17) is 0 Å². The molecular weight excluding hydrogens is 426 g/mol. The Bertz CT molecular complexity index is 1050. The molecule has 2 aromatic rings. The van der Waals surface area contributed by atoms with Gasteiger partial charge < -0.3 is 15.5 Å². The largest absolute Gasteiger partial charge is 0.354 e. The highest BCUT2D eigenvalue weighted by Gasteiger charge is 2.42. The number of nitro groups is 1. The Kier molecular flexibility index (Phi) is 6.61. The first-order chi connectivity index (χ1) is 15.1. The molecule has 10 nitrogen and oxygen atoms in total. The molecule has 3 heterocycles. The highest BCUT2D eigenvalue weighted by Crippen LogP contribution is 2.31. The molecule has 1 aliphatic heterocycles. The van der Waals surface area contributed by atoms with Crippen molar-refractivity contribution in [2.45, 2.75) is 38.7 Å². The van der Waals surface area contributed by atoms with Gasteiger partial charge in [0.15, 0.2) is 0 Å². The van der Waals surface area contributed by atoms with Gasteiger partial charge in [-0.2, -0.15) is 0 Å². The van der Waals surface area contributed by atoms with Crippen molar-refractivity contribution in [1.29, 1.82) is 0 Å². The Hall–Kier alpha value is -3.70. The summed E-state index contributed by atoms with van der Waals surface area (Å²) in [6.07, 6.45) is 0.907. The van der Waals surface area contributed by atoms with Crippen molar-refractivity contribution in [3.05, 3.63) is 51.8 Å². The predicted molar refractivity (Wildman–Crippen MR) is 111 cm³/mol. The lowest BCUT2D eigenvalue weighted by molar-refractivity contribution is -0.384. The quantitative estimate of drug-likeness (QED) is 0.513. The molecular formula is C20H22F2N6O4. The molecule has 3 rings (SSSR count). The number of rotatable bonds is 6. The minimum atomic E-state index is -3.04. The zero-order chi connectivity index (χ0) is 23.5. The maximum Gasteiger partial charge on any atom is 0.274 e. The van der Waals surface area contributed by atoms with Crippen LogP contribution in [0.2, 0.25) is 0 Å². The van der Waals surface area contributed by atoms with Crippen molar-refractivity contribution in [3.63, 3.8) is 0 Å². The molecule has 170 valence electrons. The Morgan fingerprint density at radius 3 is 2.75 bits per heavy atom. The third-order valence-corrected chi connectivity index (χ3v) is 5.04. The highest BCUT2D eigenvalue weighted by atomic mass is 19.3. The molecule has 0 spiro atoms. The van der Waals surface area contributed by atoms with E-state index < -0.39 is 29.3 Å². The van der Waals surface area contributed by atoms with E-state index in [2.05, 4.69) is 20.6 Å². The monoisotopic (exact) mass is 448 g/mol. The smallest absolute Gasteiger partial charge is 0.274 e. The van der Waals surface area contributed by atoms with E-state index in [-0.39, 0.29) is 48.3 Å². The summed E-state index contributed by atoms with van der Waals surface area (Å²) in [5.74, 6) is -3.73. The summed E-state index contributed by atoms with van der Waals surface area (Å²) < 4.78 is 28.2. The first-order valence-corrected chi connectivity index (χ1v) is 9.84. The maximum atomic E-state index is 14.1. The summed E-state index contributed by atoms with van der Waals surface area (Å²) in [6, 6.07) is 4.98. The molecule has 1 aliphatic rings. The second-order valence-corrected chi connectivity index (χ2v) is 7.56. The number of nitrogens with zero attached hydrogens (tertiary/aromatic N) is 4. The van der Waals surface area contributed by atoms with E-state index in [0.717, 1.165) is 4.90 Å². The third kappa shape index (κ3) is 5.50. The second-order valence-electron chi connectivity index (χ2n) is 7.56. The number of hydrogen-bond donors (Lipinski definition) is 2. The summed E-state index contributed by atoms with van der Waals surface area (Å²) in [4.78, 5) is 44.1. The van der Waals surface area contributed by atoms with Crippen LogP contribution >= 0.6 is 0 Å². The van der Waals surface area contributed by atoms with Gasteiger partial charge in [0.25, 0.3) is 17.5 Å². The molecule has 2 amide bonds. The number of amides is 2. The number of carbonyl (C=O) groups is 2. The number of hydrogen-bond acceptors (Lipinski definition) is 7. The minimum absolute atomic E-state index is 0.0353. The van der Waals surface area contributed by atoms with E-state index in [1.54, 1.807) is 19.1 Å². The van der Waals surface area contributed by atoms with Crippen LogP contribution in [0.3, 0.4) is 0 Å². The Morgan fingerprint density at radius 1 is 1.31 bits per heavy atom. The topological polar surface area (TPSA) is 130 Å². The molecule has 0 aliphatic carbocycles. The SMILES string of the molecule is CC(=O)NCC1CCC(F)(F)CN1C(=O)c1nc(Nc2cc([N+](=O)[O-])ccn2)ccc1C. The normalized spacial score (nSPS) is 17.5. The number of halogens is 2. The lowest BCUT2D eigenvalue weighted by Crippen LogP contribution is -2.55. The van der Waals surface area contributed by atoms with E-state index in [9.17, 15) is 28.5 Å². The molecule has 0 radical (unpaired) electrons. The van der Waals surface area contributed by atoms with Crippen molar-refractivity contribution in [3.8, 4) is 0 Å². The second kappa shape index (κ2) is 9.20. The number of pyridine rings is 2. The zero-order valence-electron chi connectivity index (χ0n) is 17.5. The zero-order valence-corrected chi connectivity index (χ0v) is 17.5. The first-order valence-electron chi connectivity index (χ1n) is 9.84. The standard InChI is InChI=1S/C20H22F2N6O4/c1-12-3-4-16(25-17-9-14(28(31)32)6-8-23-17)26-18(12)19(30)27-11-20(21,22)7-5-15(27)10-24-13(2)29/h3-4,6,8-9,15H,5,7,10-11H2,1-2H3,(H,24,29)(H,23,25,26). The maximum absolute atomic E-state index is 14.1. The van der Waals surface area contributed by atoms with Crippen molar-refractivity contribution in [2.75, 3.05) is 18.4 Å². The fourth-order valence-electron chi connectivity index (χ4n) is 3.39. The van der Waals surface area contributed by atoms with Crippen molar-refractivity contribution in [1.82, 2.24) is 20.2 Å². The van der Waals surface area contributed by atoms with Gasteiger partial charge in [0.05, 0.1) is 17.5 Å². The van der Waals surface area contributed by atoms with Gasteiger partial charge >= 0.3 is 0 Å². The van der Waals surface area contributed by atoms with Crippen LogP contribution in [-0.4, -0.2) is 56.7 Å². The number of alkyl halides is 2. The van der Waals surface area contributed by atoms with Gasteiger partial charge in [-0.05, 0) is 25.0 Å². The van der Waals surface area contributed by atoms with E-state index in [1.807, 2.05) is 0 Å². The number of aromatic nitrogens is 2. The molecule has 32 heavy (non-hydrogen) atoms. The lowest BCUT2D eigenvalue weighted by atomic mass is 9.98. The summed E-state index contributed by atoms with van der Waals surface area (Å²) in [5.41, 5.74) is 0.257. The van der Waals surface area contributed by atoms with Crippen molar-refractivity contribution < 1.29 is 23.3 Å². The average Bonchev–Trinajstić information content (AvgIpc) is 2.73. The molecule has 2 N–H and O–H groups in total. The Morgan fingerprint density at radius 2 is 2.06 bits per heavy atom. The Balaban J connectivity index is 1.86. The van der Waals surface area contributed by atoms with Crippen LogP contribution in [0.25, 0.3) is 0 Å². The van der Waals surface area contributed by atoms with Gasteiger partial charge in [-0.25, -0.2) is 18.7 Å². The van der Waals surface area contributed by atoms with E-state index in [1.165, 1.54) is 25.3 Å². The summed E-state index contributed by atoms with van der Waals surface area (Å²) in [5, 5.41) is 16.3. The van der Waals surface area contributed by atoms with Crippen LogP contribution in [-0.2, 0) is 4.79 Å². The molecule has 0 aromatic carbocycles. The van der Waals surface area contributed by atoms with Crippen LogP contribution in [0, 0.1) is 17.0 Å². The third-order valence-electron chi connectivity index (χ3n) is 5.04. The van der Waals surface area contributed by atoms with Crippen LogP contribution in [0.1, 0.15) is 35.8 Å². The number of carbonyl (C=O) groups excluding carboxylic acids is 2. The Labute approximate surface area is 182 Å². The summed E-state index contributed by atoms with van der Waals surface area (Å²) >= 11 is 0. The number of aryl methyl sites for hydroxylation is 1. The molecule has 12 heteroatoms. The molecule has 0 saturated carbocycles. The van der Waals surface area contributed by atoms with Crippen LogP contribution in [0.15, 0.2) is 30.5 Å². The van der Waals surface area contributed by atoms with Crippen LogP contribution in [0.4, 0.5) is 26.1 Å².